The van der Waals surface area contributed by atoms with Crippen molar-refractivity contribution in [2.24, 2.45) is 11.8 Å². The summed E-state index contributed by atoms with van der Waals surface area (Å²) in [6.45, 7) is 3.88. The number of nitrogens with one attached hydrogen (secondary N) is 2. The van der Waals surface area contributed by atoms with Crippen molar-refractivity contribution in [3.8, 4) is 0 Å². The summed E-state index contributed by atoms with van der Waals surface area (Å²) < 4.78 is 4.76. The fourth-order valence-corrected chi connectivity index (χ4v) is 5.55. The SMILES string of the molecule is COC(=O)N[C@H](C(=O)N1C2CCC(C2)[C@H]1c1nc2ccc(C3=CC=CC3)cc2[nH]1)C(C)C. The molecule has 2 fully saturated rings. The number of methoxy groups -OCH3 is 1. The maximum absolute atomic E-state index is 13.7. The number of alkyl carbamates (subject to hydrolysis) is 1. The number of carbonyl (C=O) groups is 2. The normalized spacial score (nSPS) is 24.9. The highest BCUT2D eigenvalue weighted by molar-refractivity contribution is 5.87. The molecule has 3 aliphatic rings. The molecule has 2 heterocycles. The molecule has 5 rings (SSSR count). The number of carbonyl (C=O) groups excluding carboxylic acids is 2. The third-order valence-electron chi connectivity index (χ3n) is 7.15. The molecule has 1 saturated carbocycles. The molecule has 0 spiro atoms. The molecule has 2 amide bonds. The highest BCUT2D eigenvalue weighted by atomic mass is 16.5. The number of ether oxygens (including phenoxy) is 1. The third-order valence-corrected chi connectivity index (χ3v) is 7.15. The van der Waals surface area contributed by atoms with Crippen molar-refractivity contribution >= 4 is 28.6 Å². The molecule has 2 N–H and O–H groups in total. The van der Waals surface area contributed by atoms with Gasteiger partial charge in [-0.25, -0.2) is 9.78 Å². The molecule has 2 bridgehead atoms. The van der Waals surface area contributed by atoms with E-state index in [1.54, 1.807) is 0 Å². The first-order valence-electron chi connectivity index (χ1n) is 11.5. The van der Waals surface area contributed by atoms with Gasteiger partial charge in [0.1, 0.15) is 11.9 Å². The number of H-pyrrole nitrogens is 1. The summed E-state index contributed by atoms with van der Waals surface area (Å²) in [5, 5.41) is 2.74. The molecule has 1 aromatic heterocycles. The zero-order chi connectivity index (χ0) is 22.4. The Hall–Kier alpha value is -3.09. The van der Waals surface area contributed by atoms with Gasteiger partial charge in [0.25, 0.3) is 0 Å². The van der Waals surface area contributed by atoms with Crippen LogP contribution in [0.2, 0.25) is 0 Å². The van der Waals surface area contributed by atoms with Crippen molar-refractivity contribution in [3.05, 3.63) is 47.8 Å². The van der Waals surface area contributed by atoms with Gasteiger partial charge in [0.05, 0.1) is 24.2 Å². The molecule has 2 unspecified atom stereocenters. The second-order valence-electron chi connectivity index (χ2n) is 9.45. The van der Waals surface area contributed by atoms with E-state index in [-0.39, 0.29) is 23.9 Å². The monoisotopic (exact) mass is 434 g/mol. The number of aromatic amines is 1. The number of imidazole rings is 1. The van der Waals surface area contributed by atoms with Crippen LogP contribution in [0.1, 0.15) is 57.0 Å². The lowest BCUT2D eigenvalue weighted by Gasteiger charge is -2.37. The highest BCUT2D eigenvalue weighted by Crippen LogP contribution is 2.50. The van der Waals surface area contributed by atoms with E-state index in [9.17, 15) is 9.59 Å². The molecule has 7 nitrogen and oxygen atoms in total. The number of allylic oxidation sites excluding steroid dienone is 4. The lowest BCUT2D eigenvalue weighted by Crippen LogP contribution is -2.54. The number of nitrogens with zero attached hydrogens (tertiary/aromatic N) is 2. The van der Waals surface area contributed by atoms with E-state index in [1.807, 2.05) is 18.7 Å². The fourth-order valence-electron chi connectivity index (χ4n) is 5.55. The van der Waals surface area contributed by atoms with E-state index in [1.165, 1.54) is 18.2 Å². The molecule has 0 radical (unpaired) electrons. The number of rotatable bonds is 5. The first-order valence-corrected chi connectivity index (χ1v) is 11.5. The van der Waals surface area contributed by atoms with Gasteiger partial charge >= 0.3 is 6.09 Å². The first-order chi connectivity index (χ1) is 15.5. The van der Waals surface area contributed by atoms with Gasteiger partial charge in [0.2, 0.25) is 5.91 Å². The van der Waals surface area contributed by atoms with Gasteiger partial charge in [-0.3, -0.25) is 4.79 Å². The Kier molecular flexibility index (Phi) is 5.27. The van der Waals surface area contributed by atoms with Crippen LogP contribution < -0.4 is 5.32 Å². The number of likely N-dealkylation sites (tertiary alicyclic amines) is 1. The quantitative estimate of drug-likeness (QED) is 0.733. The average Bonchev–Trinajstić information content (AvgIpc) is 3.58. The van der Waals surface area contributed by atoms with Crippen molar-refractivity contribution in [3.63, 3.8) is 0 Å². The predicted molar refractivity (Wildman–Crippen MR) is 123 cm³/mol. The third kappa shape index (κ3) is 3.49. The van der Waals surface area contributed by atoms with E-state index in [2.05, 4.69) is 46.7 Å². The average molecular weight is 435 g/mol. The number of hydrogen-bond acceptors (Lipinski definition) is 4. The largest absolute Gasteiger partial charge is 0.453 e. The maximum Gasteiger partial charge on any atom is 0.407 e. The summed E-state index contributed by atoms with van der Waals surface area (Å²) >= 11 is 0. The summed E-state index contributed by atoms with van der Waals surface area (Å²) in [6.07, 6.45) is 9.84. The summed E-state index contributed by atoms with van der Waals surface area (Å²) in [5.41, 5.74) is 4.40. The number of amides is 2. The van der Waals surface area contributed by atoms with Crippen molar-refractivity contribution in [1.82, 2.24) is 20.2 Å². The Labute approximate surface area is 187 Å². The molecule has 1 aliphatic heterocycles. The van der Waals surface area contributed by atoms with Crippen LogP contribution in [-0.4, -0.2) is 46.1 Å². The molecular weight excluding hydrogens is 404 g/mol. The minimum Gasteiger partial charge on any atom is -0.453 e. The summed E-state index contributed by atoms with van der Waals surface area (Å²) in [7, 11) is 1.32. The van der Waals surface area contributed by atoms with E-state index >= 15 is 0 Å². The van der Waals surface area contributed by atoms with E-state index in [0.717, 1.165) is 42.5 Å². The molecule has 1 saturated heterocycles. The van der Waals surface area contributed by atoms with E-state index in [0.29, 0.717) is 5.92 Å². The minimum atomic E-state index is -0.623. The van der Waals surface area contributed by atoms with Crippen LogP contribution in [0.4, 0.5) is 4.79 Å². The molecular formula is C25H30N4O3. The Balaban J connectivity index is 1.46. The smallest absolute Gasteiger partial charge is 0.407 e. The molecule has 7 heteroatoms. The van der Waals surface area contributed by atoms with Gasteiger partial charge in [-0.15, -0.1) is 0 Å². The Morgan fingerprint density at radius 2 is 2.12 bits per heavy atom. The fraction of sp³-hybridized carbons (Fsp3) is 0.480. The number of aromatic nitrogens is 2. The van der Waals surface area contributed by atoms with Crippen LogP contribution in [0.3, 0.4) is 0 Å². The predicted octanol–water partition coefficient (Wildman–Crippen LogP) is 4.34. The Morgan fingerprint density at radius 3 is 2.84 bits per heavy atom. The van der Waals surface area contributed by atoms with Crippen molar-refractivity contribution in [2.45, 2.75) is 57.7 Å². The second-order valence-corrected chi connectivity index (χ2v) is 9.45. The Morgan fingerprint density at radius 1 is 1.28 bits per heavy atom. The first kappa shape index (κ1) is 20.8. The van der Waals surface area contributed by atoms with Gasteiger partial charge in [-0.05, 0) is 60.8 Å². The van der Waals surface area contributed by atoms with Gasteiger partial charge in [-0.1, -0.05) is 38.1 Å². The van der Waals surface area contributed by atoms with Gasteiger partial charge in [0.15, 0.2) is 0 Å². The summed E-state index contributed by atoms with van der Waals surface area (Å²) in [6, 6.07) is 5.80. The van der Waals surface area contributed by atoms with Crippen LogP contribution >= 0.6 is 0 Å². The minimum absolute atomic E-state index is 0.0482. The van der Waals surface area contributed by atoms with Crippen LogP contribution in [0.5, 0.6) is 0 Å². The second kappa shape index (κ2) is 8.11. The van der Waals surface area contributed by atoms with Crippen molar-refractivity contribution in [2.75, 3.05) is 7.11 Å². The van der Waals surface area contributed by atoms with Crippen molar-refractivity contribution in [1.29, 1.82) is 0 Å². The van der Waals surface area contributed by atoms with Gasteiger partial charge in [0, 0.05) is 6.04 Å². The molecule has 168 valence electrons. The lowest BCUT2D eigenvalue weighted by atomic mass is 9.95. The standard InChI is InChI=1S/C25H30N4O3/c1-14(2)21(28-25(31)32-3)24(30)29-18-10-8-17(12-18)22(29)23-26-19-11-9-16(13-20(19)27-23)15-6-4-5-7-15/h4-6,9,11,13-14,17-18,21-22H,7-8,10,12H2,1-3H3,(H,26,27)(H,28,31)/t17?,18?,21-,22-/m0/s1. The van der Waals surface area contributed by atoms with E-state index < -0.39 is 12.1 Å². The number of fused-ring (bicyclic) bond motifs is 3. The van der Waals surface area contributed by atoms with Crippen LogP contribution in [0.15, 0.2) is 36.4 Å². The zero-order valence-corrected chi connectivity index (χ0v) is 18.8. The maximum atomic E-state index is 13.7. The van der Waals surface area contributed by atoms with Crippen LogP contribution in [0, 0.1) is 11.8 Å². The molecule has 4 atom stereocenters. The molecule has 2 aromatic rings. The molecule has 32 heavy (non-hydrogen) atoms. The number of piperidine rings is 1. The zero-order valence-electron chi connectivity index (χ0n) is 18.8. The molecule has 1 aromatic carbocycles. The molecule has 2 aliphatic carbocycles. The van der Waals surface area contributed by atoms with Crippen molar-refractivity contribution < 1.29 is 14.3 Å². The summed E-state index contributed by atoms with van der Waals surface area (Å²) in [5.74, 6) is 1.13. The lowest BCUT2D eigenvalue weighted by molar-refractivity contribution is -0.139. The summed E-state index contributed by atoms with van der Waals surface area (Å²) in [4.78, 5) is 35.9. The Bertz CT molecular complexity index is 1120. The van der Waals surface area contributed by atoms with E-state index in [4.69, 9.17) is 9.72 Å². The number of benzene rings is 1. The topological polar surface area (TPSA) is 87.3 Å². The highest BCUT2D eigenvalue weighted by Gasteiger charge is 2.51. The van der Waals surface area contributed by atoms with Gasteiger partial charge in [-0.2, -0.15) is 0 Å². The van der Waals surface area contributed by atoms with Crippen LogP contribution in [-0.2, 0) is 9.53 Å². The van der Waals surface area contributed by atoms with Gasteiger partial charge < -0.3 is 19.9 Å². The number of hydrogen-bond donors (Lipinski definition) is 2. The van der Waals surface area contributed by atoms with Crippen LogP contribution in [0.25, 0.3) is 16.6 Å².